The molecule has 0 radical (unpaired) electrons. The number of halogens is 2. The summed E-state index contributed by atoms with van der Waals surface area (Å²) in [6.07, 6.45) is 6.65. The van der Waals surface area contributed by atoms with E-state index in [2.05, 4.69) is 15.3 Å². The van der Waals surface area contributed by atoms with E-state index in [1.807, 2.05) is 0 Å². The average Bonchev–Trinajstić information content (AvgIpc) is 2.61. The van der Waals surface area contributed by atoms with Crippen LogP contribution in [0, 0.1) is 5.82 Å². The van der Waals surface area contributed by atoms with Crippen molar-refractivity contribution in [3.8, 4) is 6.01 Å². The first-order valence-electron chi connectivity index (χ1n) is 8.26. The minimum Gasteiger partial charge on any atom is -0.460 e. The second-order valence-electron chi connectivity index (χ2n) is 6.15. The van der Waals surface area contributed by atoms with E-state index in [1.165, 1.54) is 24.5 Å². The maximum absolute atomic E-state index is 12.9. The Bertz CT molecular complexity index is 701. The van der Waals surface area contributed by atoms with Gasteiger partial charge in [0.05, 0.1) is 23.8 Å². The van der Waals surface area contributed by atoms with Gasteiger partial charge in [0, 0.05) is 6.04 Å². The van der Waals surface area contributed by atoms with Crippen LogP contribution in [-0.2, 0) is 11.2 Å². The Balaban J connectivity index is 1.42. The molecule has 1 amide bonds. The van der Waals surface area contributed by atoms with Gasteiger partial charge in [0.2, 0.25) is 5.91 Å². The van der Waals surface area contributed by atoms with Crippen LogP contribution in [0.1, 0.15) is 31.2 Å². The fraction of sp³-hybridized carbons (Fsp3) is 0.389. The molecule has 0 unspecified atom stereocenters. The minimum atomic E-state index is -0.299. The quantitative estimate of drug-likeness (QED) is 0.885. The van der Waals surface area contributed by atoms with Crippen LogP contribution in [-0.4, -0.2) is 28.0 Å². The number of rotatable bonds is 5. The van der Waals surface area contributed by atoms with Gasteiger partial charge in [0.25, 0.3) is 0 Å². The molecule has 1 aliphatic carbocycles. The van der Waals surface area contributed by atoms with E-state index in [-0.39, 0.29) is 30.3 Å². The number of carbonyl (C=O) groups is 1. The molecule has 7 heteroatoms. The molecule has 1 aromatic carbocycles. The van der Waals surface area contributed by atoms with Gasteiger partial charge in [-0.15, -0.1) is 0 Å². The van der Waals surface area contributed by atoms with E-state index < -0.39 is 0 Å². The monoisotopic (exact) mass is 363 g/mol. The van der Waals surface area contributed by atoms with Gasteiger partial charge in [0.15, 0.2) is 0 Å². The lowest BCUT2D eigenvalue weighted by atomic mass is 9.93. The third kappa shape index (κ3) is 5.39. The zero-order valence-electron chi connectivity index (χ0n) is 13.6. The molecule has 1 aliphatic rings. The second kappa shape index (κ2) is 8.25. The number of amides is 1. The van der Waals surface area contributed by atoms with Crippen molar-refractivity contribution >= 4 is 17.5 Å². The normalized spacial score (nSPS) is 20.1. The lowest BCUT2D eigenvalue weighted by Crippen LogP contribution is -2.40. The molecule has 132 valence electrons. The lowest BCUT2D eigenvalue weighted by molar-refractivity contribution is -0.121. The Morgan fingerprint density at radius 1 is 1.16 bits per heavy atom. The fourth-order valence-corrected chi connectivity index (χ4v) is 3.00. The van der Waals surface area contributed by atoms with Crippen LogP contribution in [0.4, 0.5) is 4.39 Å². The molecule has 0 spiro atoms. The van der Waals surface area contributed by atoms with Gasteiger partial charge in [-0.2, -0.15) is 0 Å². The Morgan fingerprint density at radius 2 is 1.80 bits per heavy atom. The predicted molar refractivity (Wildman–Crippen MR) is 92.0 cm³/mol. The van der Waals surface area contributed by atoms with Crippen molar-refractivity contribution < 1.29 is 13.9 Å². The molecule has 0 aliphatic heterocycles. The first kappa shape index (κ1) is 17.6. The summed E-state index contributed by atoms with van der Waals surface area (Å²) in [5.41, 5.74) is 0.802. The SMILES string of the molecule is O=C(Cc1ccc(F)cc1)NC1CCC(Oc2ncc(Cl)cn2)CC1. The summed E-state index contributed by atoms with van der Waals surface area (Å²) in [7, 11) is 0. The zero-order chi connectivity index (χ0) is 17.6. The lowest BCUT2D eigenvalue weighted by Gasteiger charge is -2.28. The number of ether oxygens (including phenoxy) is 1. The van der Waals surface area contributed by atoms with Crippen molar-refractivity contribution in [2.45, 2.75) is 44.2 Å². The first-order chi connectivity index (χ1) is 12.1. The van der Waals surface area contributed by atoms with Crippen LogP contribution in [0.5, 0.6) is 6.01 Å². The molecule has 0 bridgehead atoms. The molecular weight excluding hydrogens is 345 g/mol. The highest BCUT2D eigenvalue weighted by molar-refractivity contribution is 6.30. The topological polar surface area (TPSA) is 64.1 Å². The van der Waals surface area contributed by atoms with Gasteiger partial charge >= 0.3 is 6.01 Å². The van der Waals surface area contributed by atoms with Gasteiger partial charge in [-0.25, -0.2) is 14.4 Å². The number of aromatic nitrogens is 2. The highest BCUT2D eigenvalue weighted by atomic mass is 35.5. The van der Waals surface area contributed by atoms with E-state index in [4.69, 9.17) is 16.3 Å². The van der Waals surface area contributed by atoms with Crippen molar-refractivity contribution in [2.75, 3.05) is 0 Å². The number of carbonyl (C=O) groups excluding carboxylic acids is 1. The molecule has 1 aromatic heterocycles. The largest absolute Gasteiger partial charge is 0.460 e. The summed E-state index contributed by atoms with van der Waals surface area (Å²) in [5, 5.41) is 3.51. The highest BCUT2D eigenvalue weighted by Gasteiger charge is 2.24. The first-order valence-corrected chi connectivity index (χ1v) is 8.64. The molecule has 2 aromatic rings. The summed E-state index contributed by atoms with van der Waals surface area (Å²) in [6, 6.07) is 6.46. The van der Waals surface area contributed by atoms with Crippen LogP contribution in [0.25, 0.3) is 0 Å². The third-order valence-electron chi connectivity index (χ3n) is 4.19. The predicted octanol–water partition coefficient (Wildman–Crippen LogP) is 3.32. The average molecular weight is 364 g/mol. The fourth-order valence-electron chi connectivity index (χ4n) is 2.90. The van der Waals surface area contributed by atoms with Gasteiger partial charge in [-0.3, -0.25) is 4.79 Å². The maximum atomic E-state index is 12.9. The second-order valence-corrected chi connectivity index (χ2v) is 6.58. The molecule has 1 fully saturated rings. The van der Waals surface area contributed by atoms with Crippen molar-refractivity contribution in [2.24, 2.45) is 0 Å². The molecule has 1 N–H and O–H groups in total. The van der Waals surface area contributed by atoms with Gasteiger partial charge in [-0.05, 0) is 43.4 Å². The van der Waals surface area contributed by atoms with E-state index >= 15 is 0 Å². The Labute approximate surface area is 150 Å². The molecule has 1 saturated carbocycles. The Kier molecular flexibility index (Phi) is 5.81. The molecule has 3 rings (SSSR count). The van der Waals surface area contributed by atoms with Crippen LogP contribution in [0.2, 0.25) is 5.02 Å². The van der Waals surface area contributed by atoms with Crippen molar-refractivity contribution in [3.05, 3.63) is 53.1 Å². The van der Waals surface area contributed by atoms with Crippen LogP contribution in [0.15, 0.2) is 36.7 Å². The number of benzene rings is 1. The van der Waals surface area contributed by atoms with E-state index in [9.17, 15) is 9.18 Å². The summed E-state index contributed by atoms with van der Waals surface area (Å²) in [5.74, 6) is -0.343. The van der Waals surface area contributed by atoms with E-state index in [0.29, 0.717) is 11.0 Å². The van der Waals surface area contributed by atoms with Gasteiger partial charge in [-0.1, -0.05) is 23.7 Å². The summed E-state index contributed by atoms with van der Waals surface area (Å²) >= 11 is 5.75. The summed E-state index contributed by atoms with van der Waals surface area (Å²) in [4.78, 5) is 20.2. The Hall–Kier alpha value is -2.21. The molecule has 0 saturated heterocycles. The van der Waals surface area contributed by atoms with Crippen molar-refractivity contribution in [1.29, 1.82) is 0 Å². The highest BCUT2D eigenvalue weighted by Crippen LogP contribution is 2.22. The van der Waals surface area contributed by atoms with E-state index in [0.717, 1.165) is 31.2 Å². The Morgan fingerprint density at radius 3 is 2.44 bits per heavy atom. The smallest absolute Gasteiger partial charge is 0.316 e. The standard InChI is InChI=1S/C18H19ClFN3O2/c19-13-10-21-18(22-11-13)25-16-7-5-15(6-8-16)23-17(24)9-12-1-3-14(20)4-2-12/h1-4,10-11,15-16H,5-9H2,(H,23,24). The van der Waals surface area contributed by atoms with E-state index in [1.54, 1.807) is 12.1 Å². The minimum absolute atomic E-state index is 0.0444. The molecule has 5 nitrogen and oxygen atoms in total. The van der Waals surface area contributed by atoms with Crippen molar-refractivity contribution in [3.63, 3.8) is 0 Å². The summed E-state index contributed by atoms with van der Waals surface area (Å²) < 4.78 is 18.6. The number of hydrogen-bond acceptors (Lipinski definition) is 4. The molecular formula is C18H19ClFN3O2. The number of nitrogens with one attached hydrogen (secondary N) is 1. The van der Waals surface area contributed by atoms with Gasteiger partial charge in [0.1, 0.15) is 11.9 Å². The van der Waals surface area contributed by atoms with Crippen LogP contribution >= 0.6 is 11.6 Å². The number of nitrogens with zero attached hydrogens (tertiary/aromatic N) is 2. The third-order valence-corrected chi connectivity index (χ3v) is 4.38. The molecule has 25 heavy (non-hydrogen) atoms. The maximum Gasteiger partial charge on any atom is 0.316 e. The summed E-state index contributed by atoms with van der Waals surface area (Å²) in [6.45, 7) is 0. The molecule has 1 heterocycles. The number of hydrogen-bond donors (Lipinski definition) is 1. The van der Waals surface area contributed by atoms with Gasteiger partial charge < -0.3 is 10.1 Å². The molecule has 0 atom stereocenters. The van der Waals surface area contributed by atoms with Crippen LogP contribution < -0.4 is 10.1 Å². The zero-order valence-corrected chi connectivity index (χ0v) is 14.4. The van der Waals surface area contributed by atoms with Crippen molar-refractivity contribution in [1.82, 2.24) is 15.3 Å². The van der Waals surface area contributed by atoms with Crippen LogP contribution in [0.3, 0.4) is 0 Å².